The zero-order valence-corrected chi connectivity index (χ0v) is 14.8. The van der Waals surface area contributed by atoms with Crippen molar-refractivity contribution < 1.29 is 9.59 Å². The second kappa shape index (κ2) is 7.51. The minimum atomic E-state index is -0.0362. The molecule has 130 valence electrons. The van der Waals surface area contributed by atoms with Gasteiger partial charge in [0.2, 0.25) is 11.8 Å². The van der Waals surface area contributed by atoms with E-state index in [0.717, 1.165) is 29.9 Å². The van der Waals surface area contributed by atoms with E-state index >= 15 is 0 Å². The monoisotopic (exact) mass is 336 g/mol. The first-order chi connectivity index (χ1) is 12.0. The first kappa shape index (κ1) is 17.2. The highest BCUT2D eigenvalue weighted by Gasteiger charge is 2.21. The molecule has 0 atom stereocenters. The highest BCUT2D eigenvalue weighted by Crippen LogP contribution is 2.22. The highest BCUT2D eigenvalue weighted by atomic mass is 16.2. The molecule has 1 heterocycles. The summed E-state index contributed by atoms with van der Waals surface area (Å²) in [5.41, 5.74) is 3.89. The normalized spacial score (nSPS) is 14.2. The van der Waals surface area contributed by atoms with E-state index in [1.807, 2.05) is 42.5 Å². The summed E-state index contributed by atoms with van der Waals surface area (Å²) >= 11 is 0. The minimum Gasteiger partial charge on any atom is -0.326 e. The average Bonchev–Trinajstić information content (AvgIpc) is 3.02. The molecule has 0 radical (unpaired) electrons. The largest absolute Gasteiger partial charge is 0.326 e. The van der Waals surface area contributed by atoms with E-state index in [1.165, 1.54) is 5.56 Å². The fourth-order valence-corrected chi connectivity index (χ4v) is 3.08. The summed E-state index contributed by atoms with van der Waals surface area (Å²) in [6.45, 7) is 5.05. The Morgan fingerprint density at radius 1 is 1.16 bits per heavy atom. The van der Waals surface area contributed by atoms with Crippen LogP contribution >= 0.6 is 0 Å². The number of rotatable bonds is 5. The maximum Gasteiger partial charge on any atom is 0.228 e. The van der Waals surface area contributed by atoms with Gasteiger partial charge in [-0.3, -0.25) is 9.59 Å². The van der Waals surface area contributed by atoms with Crippen LogP contribution in [0.4, 0.5) is 11.4 Å². The van der Waals surface area contributed by atoms with Gasteiger partial charge in [-0.1, -0.05) is 38.1 Å². The van der Waals surface area contributed by atoms with Gasteiger partial charge in [-0.15, -0.1) is 0 Å². The molecular weight excluding hydrogens is 312 g/mol. The molecule has 1 N–H and O–H groups in total. The molecule has 4 heteroatoms. The van der Waals surface area contributed by atoms with Crippen molar-refractivity contribution in [3.05, 3.63) is 59.7 Å². The van der Waals surface area contributed by atoms with E-state index in [9.17, 15) is 9.59 Å². The molecule has 1 saturated heterocycles. The third-order valence-electron chi connectivity index (χ3n) is 4.52. The molecule has 3 rings (SSSR count). The maximum atomic E-state index is 12.3. The van der Waals surface area contributed by atoms with Crippen LogP contribution in [0.25, 0.3) is 0 Å². The number of nitrogens with zero attached hydrogens (tertiary/aromatic N) is 1. The first-order valence-corrected chi connectivity index (χ1v) is 8.82. The number of anilines is 2. The topological polar surface area (TPSA) is 49.4 Å². The summed E-state index contributed by atoms with van der Waals surface area (Å²) in [5.74, 6) is 0.569. The molecule has 2 aromatic carbocycles. The molecule has 25 heavy (non-hydrogen) atoms. The summed E-state index contributed by atoms with van der Waals surface area (Å²) in [7, 11) is 0. The number of benzene rings is 2. The second-order valence-corrected chi connectivity index (χ2v) is 6.82. The Hall–Kier alpha value is -2.62. The molecule has 1 aliphatic rings. The molecule has 0 saturated carbocycles. The van der Waals surface area contributed by atoms with Crippen LogP contribution in [0.1, 0.15) is 43.7 Å². The zero-order chi connectivity index (χ0) is 17.8. The third kappa shape index (κ3) is 4.27. The van der Waals surface area contributed by atoms with Crippen LogP contribution in [0.2, 0.25) is 0 Å². The summed E-state index contributed by atoms with van der Waals surface area (Å²) < 4.78 is 0. The predicted molar refractivity (Wildman–Crippen MR) is 101 cm³/mol. The molecule has 0 bridgehead atoms. The van der Waals surface area contributed by atoms with Crippen molar-refractivity contribution in [3.63, 3.8) is 0 Å². The quantitative estimate of drug-likeness (QED) is 0.893. The van der Waals surface area contributed by atoms with Crippen LogP contribution < -0.4 is 10.2 Å². The molecule has 1 aliphatic heterocycles. The first-order valence-electron chi connectivity index (χ1n) is 8.82. The number of nitrogens with one attached hydrogen (secondary N) is 1. The van der Waals surface area contributed by atoms with Crippen molar-refractivity contribution in [2.45, 2.75) is 39.0 Å². The Kier molecular flexibility index (Phi) is 5.17. The Morgan fingerprint density at radius 3 is 2.56 bits per heavy atom. The molecule has 1 fully saturated rings. The van der Waals surface area contributed by atoms with E-state index in [1.54, 1.807) is 4.90 Å². The molecule has 0 aliphatic carbocycles. The van der Waals surface area contributed by atoms with Crippen molar-refractivity contribution in [1.82, 2.24) is 0 Å². The Labute approximate surface area is 148 Å². The molecule has 4 nitrogen and oxygen atoms in total. The van der Waals surface area contributed by atoms with Crippen LogP contribution in [-0.4, -0.2) is 18.4 Å². The van der Waals surface area contributed by atoms with E-state index in [2.05, 4.69) is 25.2 Å². The number of carbonyl (C=O) groups is 2. The third-order valence-corrected chi connectivity index (χ3v) is 4.52. The van der Waals surface area contributed by atoms with E-state index in [-0.39, 0.29) is 11.8 Å². The lowest BCUT2D eigenvalue weighted by Crippen LogP contribution is -2.23. The van der Waals surface area contributed by atoms with E-state index < -0.39 is 0 Å². The Morgan fingerprint density at radius 2 is 1.92 bits per heavy atom. The van der Waals surface area contributed by atoms with Crippen LogP contribution in [0, 0.1) is 0 Å². The minimum absolute atomic E-state index is 0.0362. The summed E-state index contributed by atoms with van der Waals surface area (Å²) in [4.78, 5) is 25.9. The van der Waals surface area contributed by atoms with Crippen LogP contribution in [0.3, 0.4) is 0 Å². The van der Waals surface area contributed by atoms with Gasteiger partial charge in [0.25, 0.3) is 0 Å². The van der Waals surface area contributed by atoms with Gasteiger partial charge >= 0.3 is 0 Å². The second-order valence-electron chi connectivity index (χ2n) is 6.82. The lowest BCUT2D eigenvalue weighted by molar-refractivity contribution is -0.117. The highest BCUT2D eigenvalue weighted by molar-refractivity contribution is 5.95. The lowest BCUT2D eigenvalue weighted by Gasteiger charge is -2.16. The molecule has 0 aromatic heterocycles. The lowest BCUT2D eigenvalue weighted by atomic mass is 10.0. The number of carbonyl (C=O) groups excluding carboxylic acids is 2. The Bertz CT molecular complexity index is 766. The standard InChI is InChI=1S/C21H24N2O2/c1-15(2)17-5-3-6-18(14-17)22-20(24)13-16-8-10-19(11-9-16)23-12-4-7-21(23)25/h3,5-6,8-11,14-15H,4,7,12-13H2,1-2H3,(H,22,24). The van der Waals surface area contributed by atoms with Crippen molar-refractivity contribution in [2.24, 2.45) is 0 Å². The van der Waals surface area contributed by atoms with Gasteiger partial charge < -0.3 is 10.2 Å². The Balaban J connectivity index is 1.61. The van der Waals surface area contributed by atoms with Crippen molar-refractivity contribution in [3.8, 4) is 0 Å². The molecule has 0 unspecified atom stereocenters. The van der Waals surface area contributed by atoms with E-state index in [0.29, 0.717) is 18.8 Å². The molecule has 2 aromatic rings. The number of amides is 2. The van der Waals surface area contributed by atoms with Crippen molar-refractivity contribution in [2.75, 3.05) is 16.8 Å². The van der Waals surface area contributed by atoms with Crippen molar-refractivity contribution in [1.29, 1.82) is 0 Å². The fourth-order valence-electron chi connectivity index (χ4n) is 3.08. The molecular formula is C21H24N2O2. The smallest absolute Gasteiger partial charge is 0.228 e. The van der Waals surface area contributed by atoms with Gasteiger partial charge in [-0.2, -0.15) is 0 Å². The summed E-state index contributed by atoms with van der Waals surface area (Å²) in [6, 6.07) is 15.6. The van der Waals surface area contributed by atoms with Gasteiger partial charge in [0.05, 0.1) is 6.42 Å². The average molecular weight is 336 g/mol. The van der Waals surface area contributed by atoms with Gasteiger partial charge in [0, 0.05) is 24.3 Å². The molecule has 2 amide bonds. The van der Waals surface area contributed by atoms with Crippen LogP contribution in [-0.2, 0) is 16.0 Å². The molecule has 0 spiro atoms. The number of hydrogen-bond donors (Lipinski definition) is 1. The predicted octanol–water partition coefficient (Wildman–Crippen LogP) is 4.12. The van der Waals surface area contributed by atoms with Gasteiger partial charge in [0.1, 0.15) is 0 Å². The van der Waals surface area contributed by atoms with Crippen molar-refractivity contribution >= 4 is 23.2 Å². The van der Waals surface area contributed by atoms with Gasteiger partial charge in [-0.25, -0.2) is 0 Å². The maximum absolute atomic E-state index is 12.3. The van der Waals surface area contributed by atoms with Crippen LogP contribution in [0.5, 0.6) is 0 Å². The summed E-state index contributed by atoms with van der Waals surface area (Å²) in [6.07, 6.45) is 1.86. The van der Waals surface area contributed by atoms with Gasteiger partial charge in [0.15, 0.2) is 0 Å². The summed E-state index contributed by atoms with van der Waals surface area (Å²) in [5, 5.41) is 2.96. The zero-order valence-electron chi connectivity index (χ0n) is 14.8. The van der Waals surface area contributed by atoms with Gasteiger partial charge in [-0.05, 0) is 47.7 Å². The number of hydrogen-bond acceptors (Lipinski definition) is 2. The SMILES string of the molecule is CC(C)c1cccc(NC(=O)Cc2ccc(N3CCCC3=O)cc2)c1. The van der Waals surface area contributed by atoms with E-state index in [4.69, 9.17) is 0 Å². The fraction of sp³-hybridized carbons (Fsp3) is 0.333. The van der Waals surface area contributed by atoms with Crippen LogP contribution in [0.15, 0.2) is 48.5 Å².